The molecule has 0 aliphatic rings. The number of rotatable bonds is 27. The van der Waals surface area contributed by atoms with Gasteiger partial charge >= 0.3 is 23.9 Å². The van der Waals surface area contributed by atoms with Crippen molar-refractivity contribution in [1.29, 1.82) is 0 Å². The van der Waals surface area contributed by atoms with E-state index in [1.165, 1.54) is 36.6 Å². The monoisotopic (exact) mass is 820 g/mol. The molecule has 0 saturated carbocycles. The lowest BCUT2D eigenvalue weighted by molar-refractivity contribution is -0.217. The Labute approximate surface area is 351 Å². The highest BCUT2D eigenvalue weighted by atomic mass is 17.2. The van der Waals surface area contributed by atoms with Gasteiger partial charge in [-0.15, -0.1) is 0 Å². The minimum atomic E-state index is -0.573. The number of esters is 4. The molecular weight excluding hydrogens is 769 g/mol. The third-order valence-corrected chi connectivity index (χ3v) is 8.76. The van der Waals surface area contributed by atoms with E-state index >= 15 is 0 Å². The van der Waals surface area contributed by atoms with E-state index in [4.69, 9.17) is 38.2 Å². The lowest BCUT2D eigenvalue weighted by atomic mass is 10.1. The molecule has 4 aromatic carbocycles. The smallest absolute Gasteiger partial charge is 0.343 e. The summed E-state index contributed by atoms with van der Waals surface area (Å²) in [5.41, 5.74) is 3.16. The van der Waals surface area contributed by atoms with Crippen molar-refractivity contribution in [3.05, 3.63) is 150 Å². The van der Waals surface area contributed by atoms with Gasteiger partial charge in [-0.3, -0.25) is 0 Å². The minimum Gasteiger partial charge on any atom is -0.494 e. The second kappa shape index (κ2) is 26.4. The number of carbonyl (C=O) groups excluding carboxylic acids is 4. The number of ether oxygens (including phenoxy) is 6. The summed E-state index contributed by atoms with van der Waals surface area (Å²) in [6.45, 7) is 10.8. The van der Waals surface area contributed by atoms with Crippen molar-refractivity contribution in [2.75, 3.05) is 26.4 Å². The molecule has 0 unspecified atom stereocenters. The number of unbranched alkanes of at least 4 members (excludes halogenated alkanes) is 6. The highest BCUT2D eigenvalue weighted by molar-refractivity contribution is 5.92. The van der Waals surface area contributed by atoms with Gasteiger partial charge in [0.05, 0.1) is 43.8 Å². The lowest BCUT2D eigenvalue weighted by Crippen LogP contribution is -2.09. The molecule has 0 heterocycles. The summed E-state index contributed by atoms with van der Waals surface area (Å²) < 4.78 is 32.3. The molecule has 60 heavy (non-hydrogen) atoms. The van der Waals surface area contributed by atoms with Gasteiger partial charge in [0.1, 0.15) is 23.9 Å². The van der Waals surface area contributed by atoms with Crippen LogP contribution in [0.3, 0.4) is 0 Å². The highest BCUT2D eigenvalue weighted by Crippen LogP contribution is 2.22. The average Bonchev–Trinajstić information content (AvgIpc) is 3.26. The molecule has 12 nitrogen and oxygen atoms in total. The van der Waals surface area contributed by atoms with Crippen LogP contribution in [0.4, 0.5) is 0 Å². The Kier molecular flexibility index (Phi) is 20.2. The molecule has 0 spiro atoms. The number of benzene rings is 4. The fourth-order valence-electron chi connectivity index (χ4n) is 5.43. The molecule has 0 saturated heterocycles. The lowest BCUT2D eigenvalue weighted by Gasteiger charge is -2.10. The molecule has 0 fully saturated rings. The molecule has 0 atom stereocenters. The second-order valence-corrected chi connectivity index (χ2v) is 13.4. The molecule has 0 aliphatic carbocycles. The fourth-order valence-corrected chi connectivity index (χ4v) is 5.43. The van der Waals surface area contributed by atoms with Crippen molar-refractivity contribution in [3.8, 4) is 23.0 Å². The maximum atomic E-state index is 12.7. The minimum absolute atomic E-state index is 0.241. The molecule has 4 aromatic rings. The van der Waals surface area contributed by atoms with Crippen LogP contribution in [0.25, 0.3) is 6.08 Å². The molecule has 0 N–H and O–H groups in total. The number of carbonyl (C=O) groups is 4. The first-order valence-electron chi connectivity index (χ1n) is 19.9. The quantitative estimate of drug-likeness (QED) is 0.00826. The normalized spacial score (nSPS) is 10.7. The van der Waals surface area contributed by atoms with Gasteiger partial charge < -0.3 is 33.3 Å². The summed E-state index contributed by atoms with van der Waals surface area (Å²) in [7, 11) is 0. The van der Waals surface area contributed by atoms with Gasteiger partial charge in [-0.2, -0.15) is 4.89 Å². The molecule has 0 bridgehead atoms. The topological polar surface area (TPSA) is 142 Å². The third-order valence-electron chi connectivity index (χ3n) is 8.76. The maximum absolute atomic E-state index is 12.7. The van der Waals surface area contributed by atoms with Crippen LogP contribution in [-0.2, 0) is 35.3 Å². The summed E-state index contributed by atoms with van der Waals surface area (Å²) in [6.07, 6.45) is 12.4. The van der Waals surface area contributed by atoms with Crippen LogP contribution in [0.2, 0.25) is 0 Å². The Morgan fingerprint density at radius 2 is 1.07 bits per heavy atom. The molecule has 12 heteroatoms. The molecule has 316 valence electrons. The average molecular weight is 821 g/mol. The van der Waals surface area contributed by atoms with Crippen molar-refractivity contribution >= 4 is 30.0 Å². The molecule has 4 rings (SSSR count). The Bertz CT molecular complexity index is 2000. The summed E-state index contributed by atoms with van der Waals surface area (Å²) in [4.78, 5) is 58.4. The van der Waals surface area contributed by atoms with Gasteiger partial charge in [0.25, 0.3) is 0 Å². The number of aryl methyl sites for hydroxylation is 1. The van der Waals surface area contributed by atoms with E-state index in [1.807, 2.05) is 43.3 Å². The van der Waals surface area contributed by atoms with Crippen LogP contribution in [0, 0.1) is 6.92 Å². The molecular formula is C48H52O12. The van der Waals surface area contributed by atoms with E-state index in [9.17, 15) is 19.2 Å². The van der Waals surface area contributed by atoms with Crippen molar-refractivity contribution in [1.82, 2.24) is 0 Å². The van der Waals surface area contributed by atoms with Crippen LogP contribution in [0.15, 0.2) is 123 Å². The van der Waals surface area contributed by atoms with Crippen LogP contribution < -0.4 is 19.1 Å². The van der Waals surface area contributed by atoms with E-state index in [1.54, 1.807) is 36.4 Å². The Balaban J connectivity index is 1.09. The van der Waals surface area contributed by atoms with Crippen molar-refractivity contribution in [3.63, 3.8) is 0 Å². The highest BCUT2D eigenvalue weighted by Gasteiger charge is 2.12. The van der Waals surface area contributed by atoms with Crippen molar-refractivity contribution in [2.24, 2.45) is 0 Å². The van der Waals surface area contributed by atoms with Crippen LogP contribution in [0.5, 0.6) is 23.0 Å². The molecule has 0 amide bonds. The van der Waals surface area contributed by atoms with Gasteiger partial charge in [0, 0.05) is 12.2 Å². The first kappa shape index (κ1) is 46.0. The van der Waals surface area contributed by atoms with E-state index < -0.39 is 23.9 Å². The van der Waals surface area contributed by atoms with E-state index in [0.29, 0.717) is 43.5 Å². The fraction of sp³-hybridized carbons (Fsp3) is 0.292. The predicted octanol–water partition coefficient (Wildman–Crippen LogP) is 9.89. The van der Waals surface area contributed by atoms with E-state index in [0.717, 1.165) is 79.9 Å². The molecule has 0 aromatic heterocycles. The summed E-state index contributed by atoms with van der Waals surface area (Å²) >= 11 is 0. The first-order chi connectivity index (χ1) is 29.2. The van der Waals surface area contributed by atoms with Gasteiger partial charge in [-0.05, 0) is 154 Å². The maximum Gasteiger partial charge on any atom is 0.343 e. The SMILES string of the molecule is C=CC(=O)OCCCCCCOc1ccc(COOc2ccc(/C=C/OC(=O)c3ccc(OC(=O)c4ccc(OCCCCCCOC(=O)C=C)cc4)cc3)cc2C)cc1. The molecule has 0 aliphatic heterocycles. The Morgan fingerprint density at radius 1 is 0.567 bits per heavy atom. The van der Waals surface area contributed by atoms with Crippen LogP contribution in [-0.4, -0.2) is 50.3 Å². The Morgan fingerprint density at radius 3 is 1.60 bits per heavy atom. The van der Waals surface area contributed by atoms with Gasteiger partial charge in [-0.1, -0.05) is 31.4 Å². The second-order valence-electron chi connectivity index (χ2n) is 13.4. The van der Waals surface area contributed by atoms with E-state index in [-0.39, 0.29) is 17.9 Å². The van der Waals surface area contributed by atoms with Gasteiger partial charge in [0.15, 0.2) is 5.75 Å². The van der Waals surface area contributed by atoms with Gasteiger partial charge in [0.2, 0.25) is 0 Å². The predicted molar refractivity (Wildman–Crippen MR) is 226 cm³/mol. The zero-order valence-corrected chi connectivity index (χ0v) is 34.0. The summed E-state index contributed by atoms with van der Waals surface area (Å²) in [6, 6.07) is 25.8. The Hall–Kier alpha value is -6.66. The number of hydrogen-bond acceptors (Lipinski definition) is 12. The standard InChI is InChI=1S/C48H52O12/c1-4-45(49)55-31-12-8-6-10-29-53-41-21-14-38(15-22-41)35-58-60-44-27-16-37(34-36(44)3)28-33-57-47(51)39-19-25-43(26-20-39)59-48(52)40-17-23-42(24-18-40)54-30-11-7-9-13-32-56-46(50)5-2/h4-5,14-28,33-34H,1-2,6-13,29-32,35H2,3H3/b33-28+. The molecule has 0 radical (unpaired) electrons. The van der Waals surface area contributed by atoms with Crippen molar-refractivity contribution in [2.45, 2.75) is 64.9 Å². The zero-order valence-electron chi connectivity index (χ0n) is 34.0. The van der Waals surface area contributed by atoms with Crippen molar-refractivity contribution < 1.29 is 57.4 Å². The van der Waals surface area contributed by atoms with E-state index in [2.05, 4.69) is 13.2 Å². The number of hydrogen-bond donors (Lipinski definition) is 0. The van der Waals surface area contributed by atoms with Crippen LogP contribution >= 0.6 is 0 Å². The van der Waals surface area contributed by atoms with Crippen LogP contribution in [0.1, 0.15) is 88.8 Å². The van der Waals surface area contributed by atoms with Gasteiger partial charge in [-0.25, -0.2) is 19.2 Å². The first-order valence-corrected chi connectivity index (χ1v) is 19.9. The summed E-state index contributed by atoms with van der Waals surface area (Å²) in [5.74, 6) is 0.320. The largest absolute Gasteiger partial charge is 0.494 e. The zero-order chi connectivity index (χ0) is 42.8. The third kappa shape index (κ3) is 17.5. The summed E-state index contributed by atoms with van der Waals surface area (Å²) in [5, 5.41) is 0.